The van der Waals surface area contributed by atoms with Crippen LogP contribution in [-0.2, 0) is 28.3 Å². The number of carbonyl (C=O) groups excluding carboxylic acids is 1. The number of hydrogen-bond acceptors (Lipinski definition) is 5. The molecule has 36 heavy (non-hydrogen) atoms. The van der Waals surface area contributed by atoms with E-state index < -0.39 is 27.3 Å². The van der Waals surface area contributed by atoms with Gasteiger partial charge >= 0.3 is 6.18 Å². The minimum atomic E-state index is -4.63. The van der Waals surface area contributed by atoms with E-state index in [1.807, 2.05) is 30.3 Å². The number of fused-ring (bicyclic) bond motifs is 1. The van der Waals surface area contributed by atoms with Crippen molar-refractivity contribution in [3.05, 3.63) is 95.3 Å². The Morgan fingerprint density at radius 2 is 1.72 bits per heavy atom. The lowest BCUT2D eigenvalue weighted by molar-refractivity contribution is -0.137. The van der Waals surface area contributed by atoms with E-state index in [-0.39, 0.29) is 10.8 Å². The Labute approximate surface area is 209 Å². The third-order valence-electron chi connectivity index (χ3n) is 5.94. The van der Waals surface area contributed by atoms with Gasteiger partial charge in [0.15, 0.2) is 9.84 Å². The van der Waals surface area contributed by atoms with Crippen molar-refractivity contribution in [2.75, 3.05) is 7.05 Å². The fourth-order valence-electron chi connectivity index (χ4n) is 4.14. The fourth-order valence-corrected chi connectivity index (χ4v) is 6.48. The molecule has 2 aromatic heterocycles. The van der Waals surface area contributed by atoms with E-state index >= 15 is 0 Å². The summed E-state index contributed by atoms with van der Waals surface area (Å²) in [6, 6.07) is 15.0. The van der Waals surface area contributed by atoms with Crippen LogP contribution in [0.5, 0.6) is 0 Å². The molecule has 3 heterocycles. The molecule has 0 aliphatic carbocycles. The molecule has 1 aliphatic heterocycles. The molecule has 0 radical (unpaired) electrons. The van der Waals surface area contributed by atoms with Crippen LogP contribution in [0.4, 0.5) is 13.2 Å². The summed E-state index contributed by atoms with van der Waals surface area (Å²) in [7, 11) is -2.25. The van der Waals surface area contributed by atoms with E-state index in [0.717, 1.165) is 39.1 Å². The number of nitrogens with zero attached hydrogens (tertiary/aromatic N) is 2. The molecule has 4 aromatic rings. The lowest BCUT2D eigenvalue weighted by Gasteiger charge is -2.10. The van der Waals surface area contributed by atoms with E-state index in [4.69, 9.17) is 0 Å². The summed E-state index contributed by atoms with van der Waals surface area (Å²) >= 11 is 1.50. The predicted molar refractivity (Wildman–Crippen MR) is 131 cm³/mol. The number of amides is 1. The maximum atomic E-state index is 13.0. The maximum Gasteiger partial charge on any atom is 0.416 e. The molecule has 0 saturated carbocycles. The molecule has 0 N–H and O–H groups in total. The average Bonchev–Trinajstić information content (AvgIpc) is 3.43. The van der Waals surface area contributed by atoms with E-state index in [1.165, 1.54) is 17.5 Å². The van der Waals surface area contributed by atoms with Crippen molar-refractivity contribution in [2.24, 2.45) is 0 Å². The van der Waals surface area contributed by atoms with Crippen molar-refractivity contribution < 1.29 is 26.4 Å². The number of halogens is 3. The van der Waals surface area contributed by atoms with Crippen molar-refractivity contribution in [3.63, 3.8) is 0 Å². The zero-order valence-electron chi connectivity index (χ0n) is 18.9. The van der Waals surface area contributed by atoms with Crippen molar-refractivity contribution >= 4 is 27.1 Å². The standard InChI is InChI=1S/C26H19F3N2O3S2/c1-31-14-19-10-17(5-6-22(19)25(31)32)23-7-8-24(35-23)18-9-16(12-30-13-18)15-36(33,34)21-4-2-3-20(11-21)26(27,28)29/h2-13H,14-15H2,1H3. The highest BCUT2D eigenvalue weighted by Gasteiger charge is 2.31. The van der Waals surface area contributed by atoms with Crippen LogP contribution in [0.1, 0.15) is 27.0 Å². The van der Waals surface area contributed by atoms with Gasteiger partial charge in [0.05, 0.1) is 16.2 Å². The number of alkyl halides is 3. The zero-order chi connectivity index (χ0) is 25.7. The Kier molecular flexibility index (Phi) is 5.96. The lowest BCUT2D eigenvalue weighted by Crippen LogP contribution is -2.17. The minimum absolute atomic E-state index is 0.00592. The molecule has 0 unspecified atom stereocenters. The molecule has 0 bridgehead atoms. The number of carbonyl (C=O) groups is 1. The van der Waals surface area contributed by atoms with E-state index in [9.17, 15) is 26.4 Å². The van der Waals surface area contributed by atoms with E-state index in [1.54, 1.807) is 24.2 Å². The normalized spacial score (nSPS) is 13.8. The molecule has 1 amide bonds. The van der Waals surface area contributed by atoms with Crippen LogP contribution in [0.15, 0.2) is 78.0 Å². The molecular weight excluding hydrogens is 509 g/mol. The second-order valence-electron chi connectivity index (χ2n) is 8.56. The Balaban J connectivity index is 1.39. The highest BCUT2D eigenvalue weighted by molar-refractivity contribution is 7.90. The van der Waals surface area contributed by atoms with Gasteiger partial charge in [-0.3, -0.25) is 9.78 Å². The predicted octanol–water partition coefficient (Wildman–Crippen LogP) is 6.06. The molecule has 0 fully saturated rings. The Morgan fingerprint density at radius 1 is 0.972 bits per heavy atom. The molecule has 10 heteroatoms. The van der Waals surface area contributed by atoms with Gasteiger partial charge in [0.25, 0.3) is 5.91 Å². The smallest absolute Gasteiger partial charge is 0.337 e. The van der Waals surface area contributed by atoms with Gasteiger partial charge in [-0.25, -0.2) is 8.42 Å². The molecule has 2 aromatic carbocycles. The number of hydrogen-bond donors (Lipinski definition) is 0. The number of pyridine rings is 1. The van der Waals surface area contributed by atoms with Crippen LogP contribution in [0.3, 0.4) is 0 Å². The van der Waals surface area contributed by atoms with Gasteiger partial charge in [-0.15, -0.1) is 11.3 Å². The van der Waals surface area contributed by atoms with E-state index in [2.05, 4.69) is 4.98 Å². The molecule has 184 valence electrons. The first-order valence-electron chi connectivity index (χ1n) is 10.8. The monoisotopic (exact) mass is 528 g/mol. The highest BCUT2D eigenvalue weighted by atomic mass is 32.2. The van der Waals surface area contributed by atoms with Crippen molar-refractivity contribution in [1.29, 1.82) is 0 Å². The number of rotatable bonds is 5. The second-order valence-corrected chi connectivity index (χ2v) is 11.6. The first-order valence-corrected chi connectivity index (χ1v) is 13.3. The van der Waals surface area contributed by atoms with Gasteiger partial charge in [0.2, 0.25) is 0 Å². The first-order chi connectivity index (χ1) is 17.0. The fraction of sp³-hybridized carbons (Fsp3) is 0.154. The SMILES string of the molecule is CN1Cc2cc(-c3ccc(-c4cncc(CS(=O)(=O)c5cccc(C(F)(F)F)c5)c4)s3)ccc2C1=O. The number of aromatic nitrogens is 1. The third kappa shape index (κ3) is 4.66. The summed E-state index contributed by atoms with van der Waals surface area (Å²) < 4.78 is 64.8. The summed E-state index contributed by atoms with van der Waals surface area (Å²) in [5, 5.41) is 0. The summed E-state index contributed by atoms with van der Waals surface area (Å²) in [4.78, 5) is 19.4. The van der Waals surface area contributed by atoms with Crippen molar-refractivity contribution in [1.82, 2.24) is 9.88 Å². The van der Waals surface area contributed by atoms with Gasteiger partial charge in [0, 0.05) is 46.9 Å². The van der Waals surface area contributed by atoms with Crippen LogP contribution in [0.25, 0.3) is 20.9 Å². The summed E-state index contributed by atoms with van der Waals surface area (Å²) in [5.74, 6) is -0.467. The Morgan fingerprint density at radius 3 is 2.47 bits per heavy atom. The van der Waals surface area contributed by atoms with E-state index in [0.29, 0.717) is 29.3 Å². The zero-order valence-corrected chi connectivity index (χ0v) is 20.5. The van der Waals surface area contributed by atoms with Gasteiger partial charge in [0.1, 0.15) is 0 Å². The number of sulfone groups is 1. The Hall–Kier alpha value is -3.50. The molecule has 0 spiro atoms. The third-order valence-corrected chi connectivity index (χ3v) is 8.81. The molecule has 0 atom stereocenters. The van der Waals surface area contributed by atoms with Crippen LogP contribution >= 0.6 is 11.3 Å². The second kappa shape index (κ2) is 8.86. The van der Waals surface area contributed by atoms with Gasteiger partial charge in [-0.05, 0) is 65.2 Å². The first kappa shape index (κ1) is 24.2. The van der Waals surface area contributed by atoms with Crippen LogP contribution in [-0.4, -0.2) is 31.3 Å². The lowest BCUT2D eigenvalue weighted by atomic mass is 10.1. The average molecular weight is 529 g/mol. The van der Waals surface area contributed by atoms with Crippen molar-refractivity contribution in [3.8, 4) is 20.9 Å². The number of benzene rings is 2. The number of thiophene rings is 1. The van der Waals surface area contributed by atoms with Crippen molar-refractivity contribution in [2.45, 2.75) is 23.4 Å². The molecule has 5 rings (SSSR count). The topological polar surface area (TPSA) is 67.3 Å². The molecule has 1 aliphatic rings. The summed E-state index contributed by atoms with van der Waals surface area (Å²) in [6.07, 6.45) is -1.61. The maximum absolute atomic E-state index is 13.0. The van der Waals surface area contributed by atoms with Gasteiger partial charge in [-0.1, -0.05) is 12.1 Å². The van der Waals surface area contributed by atoms with Crippen LogP contribution < -0.4 is 0 Å². The summed E-state index contributed by atoms with van der Waals surface area (Å²) in [5.41, 5.74) is 2.72. The quantitative estimate of drug-likeness (QED) is 0.316. The highest BCUT2D eigenvalue weighted by Crippen LogP contribution is 2.37. The van der Waals surface area contributed by atoms with Crippen LogP contribution in [0, 0.1) is 0 Å². The minimum Gasteiger partial charge on any atom is -0.337 e. The molecular formula is C26H19F3N2O3S2. The van der Waals surface area contributed by atoms with Gasteiger partial charge < -0.3 is 4.90 Å². The largest absolute Gasteiger partial charge is 0.416 e. The van der Waals surface area contributed by atoms with Crippen LogP contribution in [0.2, 0.25) is 0 Å². The molecule has 5 nitrogen and oxygen atoms in total. The summed E-state index contributed by atoms with van der Waals surface area (Å²) in [6.45, 7) is 0.562. The molecule has 0 saturated heterocycles. The van der Waals surface area contributed by atoms with Gasteiger partial charge in [-0.2, -0.15) is 13.2 Å². The Bertz CT molecular complexity index is 1590.